The molecule has 0 aliphatic heterocycles. The molecule has 2 amide bonds. The predicted molar refractivity (Wildman–Crippen MR) is 73.7 cm³/mol. The van der Waals surface area contributed by atoms with E-state index in [2.05, 4.69) is 26.6 Å². The van der Waals surface area contributed by atoms with Crippen LogP contribution in [0.3, 0.4) is 0 Å². The number of rotatable bonds is 5. The maximum absolute atomic E-state index is 11.6. The molecule has 1 fully saturated rings. The molecular formula is C13H15BrN2O3. The number of hydrogen-bond acceptors (Lipinski definition) is 2. The summed E-state index contributed by atoms with van der Waals surface area (Å²) < 4.78 is 0.930. The molecule has 1 saturated carbocycles. The van der Waals surface area contributed by atoms with Crippen LogP contribution in [0, 0.1) is 5.41 Å². The molecule has 0 aromatic heterocycles. The fourth-order valence-electron chi connectivity index (χ4n) is 1.75. The first-order valence-electron chi connectivity index (χ1n) is 6.02. The molecule has 0 atom stereocenters. The Morgan fingerprint density at radius 2 is 1.95 bits per heavy atom. The van der Waals surface area contributed by atoms with Crippen LogP contribution in [0.15, 0.2) is 28.7 Å². The van der Waals surface area contributed by atoms with Crippen molar-refractivity contribution in [3.05, 3.63) is 34.3 Å². The Morgan fingerprint density at radius 3 is 2.53 bits per heavy atom. The fraction of sp³-hybridized carbons (Fsp3) is 0.385. The minimum absolute atomic E-state index is 0.185. The molecule has 2 rings (SSSR count). The molecule has 1 aliphatic rings. The zero-order valence-electron chi connectivity index (χ0n) is 10.3. The van der Waals surface area contributed by atoms with Crippen molar-refractivity contribution in [1.82, 2.24) is 10.6 Å². The third kappa shape index (κ3) is 3.47. The summed E-state index contributed by atoms with van der Waals surface area (Å²) in [5, 5.41) is 14.3. The lowest BCUT2D eigenvalue weighted by atomic mass is 10.1. The Labute approximate surface area is 119 Å². The van der Waals surface area contributed by atoms with Crippen LogP contribution >= 0.6 is 15.9 Å². The molecule has 0 bridgehead atoms. The van der Waals surface area contributed by atoms with Crippen molar-refractivity contribution in [2.24, 2.45) is 5.41 Å². The van der Waals surface area contributed by atoms with E-state index >= 15 is 0 Å². The quantitative estimate of drug-likeness (QED) is 0.775. The van der Waals surface area contributed by atoms with Crippen molar-refractivity contribution in [3.63, 3.8) is 0 Å². The molecule has 5 nitrogen and oxygen atoms in total. The monoisotopic (exact) mass is 326 g/mol. The van der Waals surface area contributed by atoms with Gasteiger partial charge in [-0.05, 0) is 24.5 Å². The van der Waals surface area contributed by atoms with E-state index in [4.69, 9.17) is 5.11 Å². The SMILES string of the molecule is O=C(NCc1ccccc1Br)NCC1(C(=O)O)CC1. The van der Waals surface area contributed by atoms with Crippen molar-refractivity contribution in [3.8, 4) is 0 Å². The van der Waals surface area contributed by atoms with Crippen molar-refractivity contribution in [1.29, 1.82) is 0 Å². The van der Waals surface area contributed by atoms with Crippen LogP contribution < -0.4 is 10.6 Å². The molecule has 1 aromatic rings. The Hall–Kier alpha value is -1.56. The van der Waals surface area contributed by atoms with E-state index in [0.717, 1.165) is 10.0 Å². The second-order valence-electron chi connectivity index (χ2n) is 4.71. The van der Waals surface area contributed by atoms with Crippen LogP contribution in [0.1, 0.15) is 18.4 Å². The molecule has 0 radical (unpaired) electrons. The lowest BCUT2D eigenvalue weighted by Crippen LogP contribution is -2.40. The normalized spacial score (nSPS) is 15.6. The van der Waals surface area contributed by atoms with Crippen molar-refractivity contribution in [2.75, 3.05) is 6.54 Å². The zero-order chi connectivity index (χ0) is 13.9. The molecule has 0 unspecified atom stereocenters. The number of halogens is 1. The van der Waals surface area contributed by atoms with Gasteiger partial charge in [-0.2, -0.15) is 0 Å². The summed E-state index contributed by atoms with van der Waals surface area (Å²) in [6, 6.07) is 7.26. The van der Waals surface area contributed by atoms with Crippen LogP contribution in [0.2, 0.25) is 0 Å². The van der Waals surface area contributed by atoms with Gasteiger partial charge in [0.05, 0.1) is 5.41 Å². The summed E-state index contributed by atoms with van der Waals surface area (Å²) in [6.45, 7) is 0.581. The number of amides is 2. The van der Waals surface area contributed by atoms with Gasteiger partial charge < -0.3 is 15.7 Å². The lowest BCUT2D eigenvalue weighted by Gasteiger charge is -2.12. The number of urea groups is 1. The second-order valence-corrected chi connectivity index (χ2v) is 5.57. The maximum atomic E-state index is 11.6. The van der Waals surface area contributed by atoms with Crippen LogP contribution in [0.5, 0.6) is 0 Å². The van der Waals surface area contributed by atoms with Gasteiger partial charge in [-0.3, -0.25) is 4.79 Å². The van der Waals surface area contributed by atoms with Crippen molar-refractivity contribution < 1.29 is 14.7 Å². The average Bonchev–Trinajstić information content (AvgIpc) is 3.16. The number of carbonyl (C=O) groups is 2. The summed E-state index contributed by atoms with van der Waals surface area (Å²) in [5.41, 5.74) is 0.238. The molecule has 1 aliphatic carbocycles. The number of hydrogen-bond donors (Lipinski definition) is 3. The van der Waals surface area contributed by atoms with Gasteiger partial charge >= 0.3 is 12.0 Å². The van der Waals surface area contributed by atoms with Crippen molar-refractivity contribution >= 4 is 27.9 Å². The zero-order valence-corrected chi connectivity index (χ0v) is 11.9. The van der Waals surface area contributed by atoms with E-state index in [9.17, 15) is 9.59 Å². The molecular weight excluding hydrogens is 312 g/mol. The summed E-state index contributed by atoms with van der Waals surface area (Å²) >= 11 is 3.40. The number of nitrogens with one attached hydrogen (secondary N) is 2. The molecule has 6 heteroatoms. The average molecular weight is 327 g/mol. The Bertz CT molecular complexity index is 500. The minimum Gasteiger partial charge on any atom is -0.481 e. The van der Waals surface area contributed by atoms with Crippen LogP contribution in [-0.2, 0) is 11.3 Å². The van der Waals surface area contributed by atoms with E-state index in [1.807, 2.05) is 24.3 Å². The minimum atomic E-state index is -0.835. The largest absolute Gasteiger partial charge is 0.481 e. The summed E-state index contributed by atoms with van der Waals surface area (Å²) in [7, 11) is 0. The molecule has 0 saturated heterocycles. The van der Waals surface area contributed by atoms with Crippen LogP contribution in [0.4, 0.5) is 4.79 Å². The lowest BCUT2D eigenvalue weighted by molar-refractivity contribution is -0.143. The first-order chi connectivity index (χ1) is 9.03. The number of benzene rings is 1. The number of carbonyl (C=O) groups excluding carboxylic acids is 1. The third-order valence-corrected chi connectivity index (χ3v) is 4.07. The summed E-state index contributed by atoms with van der Waals surface area (Å²) in [4.78, 5) is 22.5. The van der Waals surface area contributed by atoms with Gasteiger partial charge in [-0.25, -0.2) is 4.79 Å². The standard InChI is InChI=1S/C13H15BrN2O3/c14-10-4-2-1-3-9(10)7-15-12(19)16-8-13(5-6-13)11(17)18/h1-4H,5-8H2,(H,17,18)(H2,15,16,19). The predicted octanol–water partition coefficient (Wildman–Crippen LogP) is 2.11. The number of carboxylic acid groups (broad SMARTS) is 1. The molecule has 0 heterocycles. The second kappa shape index (κ2) is 5.61. The Kier molecular flexibility index (Phi) is 4.09. The molecule has 102 valence electrons. The van der Waals surface area contributed by atoms with Gasteiger partial charge in [0, 0.05) is 17.6 Å². The van der Waals surface area contributed by atoms with Gasteiger partial charge in [0.1, 0.15) is 0 Å². The van der Waals surface area contributed by atoms with E-state index in [1.54, 1.807) is 0 Å². The van der Waals surface area contributed by atoms with E-state index in [-0.39, 0.29) is 12.6 Å². The van der Waals surface area contributed by atoms with Gasteiger partial charge in [-0.15, -0.1) is 0 Å². The first kappa shape index (κ1) is 13.9. The Balaban J connectivity index is 1.77. The first-order valence-corrected chi connectivity index (χ1v) is 6.81. The maximum Gasteiger partial charge on any atom is 0.315 e. The highest BCUT2D eigenvalue weighted by Crippen LogP contribution is 2.45. The van der Waals surface area contributed by atoms with Gasteiger partial charge in [0.25, 0.3) is 0 Å². The highest BCUT2D eigenvalue weighted by atomic mass is 79.9. The van der Waals surface area contributed by atoms with Crippen LogP contribution in [-0.4, -0.2) is 23.7 Å². The van der Waals surface area contributed by atoms with Gasteiger partial charge in [0.15, 0.2) is 0 Å². The molecule has 19 heavy (non-hydrogen) atoms. The summed E-state index contributed by atoms with van der Waals surface area (Å²) in [5.74, 6) is -0.835. The van der Waals surface area contributed by atoms with E-state index in [1.165, 1.54) is 0 Å². The fourth-order valence-corrected chi connectivity index (χ4v) is 2.17. The van der Waals surface area contributed by atoms with Gasteiger partial charge in [0.2, 0.25) is 0 Å². The number of aliphatic carboxylic acids is 1. The van der Waals surface area contributed by atoms with E-state index in [0.29, 0.717) is 19.4 Å². The molecule has 1 aromatic carbocycles. The number of carboxylic acids is 1. The van der Waals surface area contributed by atoms with Crippen LogP contribution in [0.25, 0.3) is 0 Å². The highest BCUT2D eigenvalue weighted by Gasteiger charge is 2.50. The van der Waals surface area contributed by atoms with E-state index < -0.39 is 11.4 Å². The highest BCUT2D eigenvalue weighted by molar-refractivity contribution is 9.10. The molecule has 3 N–H and O–H groups in total. The van der Waals surface area contributed by atoms with Gasteiger partial charge in [-0.1, -0.05) is 34.1 Å². The Morgan fingerprint density at radius 1 is 1.26 bits per heavy atom. The topological polar surface area (TPSA) is 78.4 Å². The third-order valence-electron chi connectivity index (χ3n) is 3.29. The molecule has 0 spiro atoms. The smallest absolute Gasteiger partial charge is 0.315 e. The summed E-state index contributed by atoms with van der Waals surface area (Å²) in [6.07, 6.45) is 1.26. The van der Waals surface area contributed by atoms with Crippen molar-refractivity contribution in [2.45, 2.75) is 19.4 Å².